The van der Waals surface area contributed by atoms with E-state index in [4.69, 9.17) is 5.73 Å². The number of rotatable bonds is 2. The standard InChI is InChI=1S/C14H10BrF6N5/c1-5(14(19,20)21)25-11(15)10(12(22)26-13(25)23-4-24-26)9-7(17)2-6(16)3-8(9)18/h2-5,12H,22H2,1H3/t5-,12?/m0/s1. The van der Waals surface area contributed by atoms with Crippen LogP contribution in [0.2, 0.25) is 0 Å². The molecule has 2 aromatic rings. The van der Waals surface area contributed by atoms with Crippen LogP contribution < -0.4 is 10.6 Å². The van der Waals surface area contributed by atoms with Gasteiger partial charge in [0, 0.05) is 17.7 Å². The molecule has 0 saturated carbocycles. The normalized spacial score (nSPS) is 19.0. The molecule has 2 heterocycles. The van der Waals surface area contributed by atoms with Crippen molar-refractivity contribution in [2.75, 3.05) is 4.90 Å². The molecule has 1 aliphatic rings. The number of fused-ring (bicyclic) bond motifs is 1. The highest BCUT2D eigenvalue weighted by molar-refractivity contribution is 9.12. The molecule has 0 fully saturated rings. The molecule has 0 saturated heterocycles. The smallest absolute Gasteiger partial charge is 0.306 e. The van der Waals surface area contributed by atoms with Crippen molar-refractivity contribution in [1.82, 2.24) is 14.8 Å². The molecule has 26 heavy (non-hydrogen) atoms. The van der Waals surface area contributed by atoms with Gasteiger partial charge in [-0.25, -0.2) is 17.9 Å². The maximum Gasteiger partial charge on any atom is 0.408 e. The number of halogens is 7. The zero-order chi connectivity index (χ0) is 19.4. The summed E-state index contributed by atoms with van der Waals surface area (Å²) in [4.78, 5) is 4.41. The van der Waals surface area contributed by atoms with Crippen molar-refractivity contribution in [3.05, 3.63) is 46.1 Å². The number of hydrogen-bond acceptors (Lipinski definition) is 4. The third kappa shape index (κ3) is 2.86. The van der Waals surface area contributed by atoms with Gasteiger partial charge in [0.15, 0.2) is 0 Å². The van der Waals surface area contributed by atoms with Crippen LogP contribution in [0.1, 0.15) is 18.7 Å². The van der Waals surface area contributed by atoms with Crippen molar-refractivity contribution in [3.63, 3.8) is 0 Å². The van der Waals surface area contributed by atoms with Crippen molar-refractivity contribution in [2.45, 2.75) is 25.3 Å². The Morgan fingerprint density at radius 1 is 1.19 bits per heavy atom. The minimum Gasteiger partial charge on any atom is -0.306 e. The first-order valence-electron chi connectivity index (χ1n) is 7.09. The van der Waals surface area contributed by atoms with Gasteiger partial charge in [-0.1, -0.05) is 0 Å². The van der Waals surface area contributed by atoms with Crippen LogP contribution in [-0.2, 0) is 0 Å². The molecule has 0 bridgehead atoms. The van der Waals surface area contributed by atoms with Gasteiger partial charge in [-0.3, -0.25) is 4.90 Å². The molecule has 0 radical (unpaired) electrons. The van der Waals surface area contributed by atoms with Crippen molar-refractivity contribution in [1.29, 1.82) is 0 Å². The van der Waals surface area contributed by atoms with Gasteiger partial charge in [0.2, 0.25) is 5.95 Å². The van der Waals surface area contributed by atoms with Crippen LogP contribution in [0.4, 0.5) is 32.3 Å². The number of alkyl halides is 3. The Kier molecular flexibility index (Phi) is 4.51. The Hall–Kier alpha value is -2.08. The first-order chi connectivity index (χ1) is 12.0. The number of nitrogens with two attached hydrogens (primary N) is 1. The number of nitrogens with zero attached hydrogens (tertiary/aromatic N) is 4. The van der Waals surface area contributed by atoms with E-state index in [0.29, 0.717) is 17.0 Å². The highest BCUT2D eigenvalue weighted by atomic mass is 79.9. The molecule has 1 unspecified atom stereocenters. The summed E-state index contributed by atoms with van der Waals surface area (Å²) in [5, 5.41) is 3.74. The van der Waals surface area contributed by atoms with E-state index in [9.17, 15) is 26.3 Å². The van der Waals surface area contributed by atoms with Gasteiger partial charge in [-0.05, 0) is 22.9 Å². The summed E-state index contributed by atoms with van der Waals surface area (Å²) < 4.78 is 82.0. The van der Waals surface area contributed by atoms with Gasteiger partial charge in [-0.15, -0.1) is 0 Å². The fourth-order valence-electron chi connectivity index (χ4n) is 2.61. The Labute approximate surface area is 151 Å². The van der Waals surface area contributed by atoms with Gasteiger partial charge in [0.25, 0.3) is 0 Å². The summed E-state index contributed by atoms with van der Waals surface area (Å²) in [6, 6.07) is -1.30. The fourth-order valence-corrected chi connectivity index (χ4v) is 3.51. The maximum atomic E-state index is 14.2. The van der Waals surface area contributed by atoms with Crippen molar-refractivity contribution >= 4 is 27.5 Å². The van der Waals surface area contributed by atoms with E-state index in [-0.39, 0.29) is 16.1 Å². The minimum absolute atomic E-state index is 0.263. The lowest BCUT2D eigenvalue weighted by Crippen LogP contribution is -2.47. The first-order valence-corrected chi connectivity index (χ1v) is 7.89. The zero-order valence-electron chi connectivity index (χ0n) is 12.9. The van der Waals surface area contributed by atoms with E-state index in [1.54, 1.807) is 0 Å². The second-order valence-electron chi connectivity index (χ2n) is 5.49. The van der Waals surface area contributed by atoms with E-state index < -0.39 is 41.4 Å². The van der Waals surface area contributed by atoms with E-state index in [2.05, 4.69) is 26.0 Å². The fraction of sp³-hybridized carbons (Fsp3) is 0.286. The molecule has 5 nitrogen and oxygen atoms in total. The SMILES string of the molecule is C[C@H](N1C(Br)=C(c2c(F)cc(F)cc2F)C(N)n2ncnc21)C(F)(F)F. The van der Waals surface area contributed by atoms with Gasteiger partial charge >= 0.3 is 6.18 Å². The number of benzene rings is 1. The van der Waals surface area contributed by atoms with Crippen LogP contribution in [0.15, 0.2) is 23.1 Å². The first kappa shape index (κ1) is 18.7. The van der Waals surface area contributed by atoms with Crippen LogP contribution in [0.5, 0.6) is 0 Å². The van der Waals surface area contributed by atoms with Crippen LogP contribution in [0, 0.1) is 17.5 Å². The summed E-state index contributed by atoms with van der Waals surface area (Å²) in [5.74, 6) is -4.06. The lowest BCUT2D eigenvalue weighted by Gasteiger charge is -2.37. The lowest BCUT2D eigenvalue weighted by atomic mass is 10.0. The molecule has 0 spiro atoms. The Balaban J connectivity index is 2.28. The predicted octanol–water partition coefficient (Wildman–Crippen LogP) is 3.69. The molecule has 1 aromatic heterocycles. The molecular formula is C14H10BrF6N5. The molecule has 1 aromatic carbocycles. The Morgan fingerprint density at radius 3 is 2.31 bits per heavy atom. The summed E-state index contributed by atoms with van der Waals surface area (Å²) in [5.41, 5.74) is 4.82. The minimum atomic E-state index is -4.69. The quantitative estimate of drug-likeness (QED) is 0.570. The van der Waals surface area contributed by atoms with Crippen LogP contribution in [-0.4, -0.2) is 27.0 Å². The molecule has 2 N–H and O–H groups in total. The highest BCUT2D eigenvalue weighted by Gasteiger charge is 2.46. The third-order valence-corrected chi connectivity index (χ3v) is 4.71. The molecule has 140 valence electrons. The van der Waals surface area contributed by atoms with E-state index in [1.807, 2.05) is 0 Å². The van der Waals surface area contributed by atoms with Crippen molar-refractivity contribution in [3.8, 4) is 0 Å². The zero-order valence-corrected chi connectivity index (χ0v) is 14.5. The van der Waals surface area contributed by atoms with Gasteiger partial charge in [-0.2, -0.15) is 23.3 Å². The molecule has 0 aliphatic carbocycles. The van der Waals surface area contributed by atoms with Crippen LogP contribution >= 0.6 is 15.9 Å². The van der Waals surface area contributed by atoms with Gasteiger partial charge in [0.05, 0.1) is 10.2 Å². The monoisotopic (exact) mass is 441 g/mol. The third-order valence-electron chi connectivity index (χ3n) is 3.90. The summed E-state index contributed by atoms with van der Waals surface area (Å²) >= 11 is 2.95. The Bertz CT molecular complexity index is 869. The second kappa shape index (κ2) is 6.27. The average molecular weight is 442 g/mol. The van der Waals surface area contributed by atoms with E-state index in [1.165, 1.54) is 0 Å². The van der Waals surface area contributed by atoms with Crippen LogP contribution in [0.25, 0.3) is 5.57 Å². The molecule has 0 amide bonds. The number of hydrogen-bond donors (Lipinski definition) is 1. The number of anilines is 1. The predicted molar refractivity (Wildman–Crippen MR) is 83.4 cm³/mol. The van der Waals surface area contributed by atoms with Crippen LogP contribution in [0.3, 0.4) is 0 Å². The maximum absolute atomic E-state index is 14.2. The average Bonchev–Trinajstić information content (AvgIpc) is 2.98. The topological polar surface area (TPSA) is 60.0 Å². The summed E-state index contributed by atoms with van der Waals surface area (Å²) in [7, 11) is 0. The summed E-state index contributed by atoms with van der Waals surface area (Å²) in [6.07, 6.45) is -5.08. The molecule has 12 heteroatoms. The summed E-state index contributed by atoms with van der Waals surface area (Å²) in [6.45, 7) is 0.839. The van der Waals surface area contributed by atoms with Crippen molar-refractivity contribution < 1.29 is 26.3 Å². The van der Waals surface area contributed by atoms with Crippen molar-refractivity contribution in [2.24, 2.45) is 5.73 Å². The second-order valence-corrected chi connectivity index (χ2v) is 6.24. The Morgan fingerprint density at radius 2 is 1.77 bits per heavy atom. The molecule has 2 atom stereocenters. The molecule has 3 rings (SSSR count). The molecular weight excluding hydrogens is 432 g/mol. The van der Waals surface area contributed by atoms with E-state index >= 15 is 0 Å². The van der Waals surface area contributed by atoms with Gasteiger partial charge < -0.3 is 5.73 Å². The largest absolute Gasteiger partial charge is 0.408 e. The lowest BCUT2D eigenvalue weighted by molar-refractivity contribution is -0.143. The molecule has 1 aliphatic heterocycles. The van der Waals surface area contributed by atoms with E-state index in [0.717, 1.165) is 17.9 Å². The van der Waals surface area contributed by atoms with Gasteiger partial charge in [0.1, 0.15) is 36.0 Å². The number of aromatic nitrogens is 3. The highest BCUT2D eigenvalue weighted by Crippen LogP contribution is 2.44.